The molecule has 1 aromatic rings. The van der Waals surface area contributed by atoms with Crippen LogP contribution in [0.15, 0.2) is 78.6 Å². The Bertz CT molecular complexity index is 777. The molecule has 3 aliphatic rings. The highest BCUT2D eigenvalue weighted by atomic mass is 16.7. The lowest BCUT2D eigenvalue weighted by atomic mass is 9.70. The molecule has 4 nitrogen and oxygen atoms in total. The van der Waals surface area contributed by atoms with Crippen molar-refractivity contribution in [1.82, 2.24) is 5.06 Å². The standard InChI is InChI=1S/C20H19NO3/c1-14-9-5-3-8-12-17-20(14)13-16(19(22)23-2)18(21(17)24-20)15-10-6-4-7-11-15/h3-12,16,18H,1,13H2,2H3/b8-3-,9-5-,17-12+/t16?,18-,20+/m0/s1. The van der Waals surface area contributed by atoms with Crippen LogP contribution in [0.3, 0.4) is 0 Å². The van der Waals surface area contributed by atoms with Gasteiger partial charge in [-0.15, -0.1) is 0 Å². The van der Waals surface area contributed by atoms with Crippen molar-refractivity contribution in [3.05, 3.63) is 84.1 Å². The number of methoxy groups -OCH3 is 1. The summed E-state index contributed by atoms with van der Waals surface area (Å²) in [7, 11) is 1.44. The molecule has 4 rings (SSSR count). The molecule has 1 aliphatic carbocycles. The number of fused-ring (bicyclic) bond motifs is 2. The normalized spacial score (nSPS) is 35.5. The zero-order valence-electron chi connectivity index (χ0n) is 13.5. The van der Waals surface area contributed by atoms with E-state index in [1.54, 1.807) is 0 Å². The molecule has 1 spiro atoms. The largest absolute Gasteiger partial charge is 0.469 e. The Balaban J connectivity index is 1.81. The molecule has 3 atom stereocenters. The van der Waals surface area contributed by atoms with Crippen molar-refractivity contribution < 1.29 is 14.4 Å². The van der Waals surface area contributed by atoms with Gasteiger partial charge in [-0.3, -0.25) is 9.63 Å². The van der Waals surface area contributed by atoms with E-state index in [9.17, 15) is 4.79 Å². The maximum Gasteiger partial charge on any atom is 0.311 e. The summed E-state index contributed by atoms with van der Waals surface area (Å²) in [6, 6.07) is 9.74. The van der Waals surface area contributed by atoms with Gasteiger partial charge in [-0.1, -0.05) is 61.2 Å². The molecule has 2 bridgehead atoms. The van der Waals surface area contributed by atoms with E-state index >= 15 is 0 Å². The Morgan fingerprint density at radius 3 is 2.83 bits per heavy atom. The van der Waals surface area contributed by atoms with Crippen molar-refractivity contribution in [2.24, 2.45) is 5.92 Å². The third-order valence-electron chi connectivity index (χ3n) is 4.98. The number of ether oxygens (including phenoxy) is 1. The van der Waals surface area contributed by atoms with Crippen LogP contribution in [0.4, 0.5) is 0 Å². The van der Waals surface area contributed by atoms with E-state index in [0.29, 0.717) is 6.42 Å². The lowest BCUT2D eigenvalue weighted by molar-refractivity contribution is -0.351. The van der Waals surface area contributed by atoms with Crippen LogP contribution < -0.4 is 0 Å². The van der Waals surface area contributed by atoms with Gasteiger partial charge in [0.2, 0.25) is 0 Å². The van der Waals surface area contributed by atoms with Crippen LogP contribution in [0.2, 0.25) is 0 Å². The molecule has 2 aliphatic heterocycles. The molecule has 2 saturated heterocycles. The predicted octanol–water partition coefficient (Wildman–Crippen LogP) is 3.47. The van der Waals surface area contributed by atoms with E-state index < -0.39 is 5.60 Å². The molecule has 2 heterocycles. The Morgan fingerprint density at radius 2 is 2.08 bits per heavy atom. The van der Waals surface area contributed by atoms with Crippen LogP contribution >= 0.6 is 0 Å². The minimum absolute atomic E-state index is 0.198. The summed E-state index contributed by atoms with van der Waals surface area (Å²) in [5.41, 5.74) is 2.30. The third-order valence-corrected chi connectivity index (χ3v) is 4.98. The van der Waals surface area contributed by atoms with E-state index in [1.165, 1.54) is 7.11 Å². The zero-order chi connectivity index (χ0) is 16.7. The van der Waals surface area contributed by atoms with Gasteiger partial charge in [0, 0.05) is 6.42 Å². The molecule has 24 heavy (non-hydrogen) atoms. The second-order valence-corrected chi connectivity index (χ2v) is 6.25. The number of nitrogens with zero attached hydrogens (tertiary/aromatic N) is 1. The molecule has 0 aromatic heterocycles. The molecular formula is C20H19NO3. The highest BCUT2D eigenvalue weighted by Gasteiger charge is 2.63. The van der Waals surface area contributed by atoms with Gasteiger partial charge in [0.15, 0.2) is 5.60 Å². The molecule has 0 N–H and O–H groups in total. The topological polar surface area (TPSA) is 38.8 Å². The smallest absolute Gasteiger partial charge is 0.311 e. The summed E-state index contributed by atoms with van der Waals surface area (Å²) < 4.78 is 5.08. The molecule has 0 amide bonds. The number of carbonyl (C=O) groups is 1. The number of hydroxylamine groups is 2. The maximum atomic E-state index is 12.5. The Hall–Kier alpha value is -2.59. The Morgan fingerprint density at radius 1 is 1.29 bits per heavy atom. The van der Waals surface area contributed by atoms with Gasteiger partial charge in [-0.2, -0.15) is 0 Å². The van der Waals surface area contributed by atoms with Crippen LogP contribution in [0.5, 0.6) is 0 Å². The first-order valence-electron chi connectivity index (χ1n) is 8.03. The Labute approximate surface area is 141 Å². The minimum Gasteiger partial charge on any atom is -0.469 e. The van der Waals surface area contributed by atoms with Crippen molar-refractivity contribution in [2.75, 3.05) is 7.11 Å². The van der Waals surface area contributed by atoms with Crippen molar-refractivity contribution in [2.45, 2.75) is 18.1 Å². The lowest BCUT2D eigenvalue weighted by Gasteiger charge is -2.62. The van der Waals surface area contributed by atoms with Crippen molar-refractivity contribution in [1.29, 1.82) is 0 Å². The summed E-state index contributed by atoms with van der Waals surface area (Å²) in [6.45, 7) is 4.16. The molecule has 0 saturated carbocycles. The molecule has 4 heteroatoms. The van der Waals surface area contributed by atoms with Crippen LogP contribution in [-0.4, -0.2) is 23.7 Å². The van der Waals surface area contributed by atoms with E-state index in [0.717, 1.165) is 16.8 Å². The van der Waals surface area contributed by atoms with Crippen LogP contribution in [0.25, 0.3) is 0 Å². The molecule has 1 aromatic carbocycles. The molecule has 2 fully saturated rings. The quantitative estimate of drug-likeness (QED) is 0.782. The van der Waals surface area contributed by atoms with Crippen LogP contribution in [0.1, 0.15) is 18.0 Å². The average molecular weight is 321 g/mol. The summed E-state index contributed by atoms with van der Waals surface area (Å²) >= 11 is 0. The summed E-state index contributed by atoms with van der Waals surface area (Å²) in [6.07, 6.45) is 10.4. The molecule has 1 unspecified atom stereocenters. The van der Waals surface area contributed by atoms with E-state index in [1.807, 2.05) is 65.8 Å². The number of hydrogen-bond acceptors (Lipinski definition) is 4. The third kappa shape index (κ3) is 2.00. The van der Waals surface area contributed by atoms with Gasteiger partial charge in [0.05, 0.1) is 24.8 Å². The molecule has 122 valence electrons. The molecular weight excluding hydrogens is 302 g/mol. The maximum absolute atomic E-state index is 12.5. The highest BCUT2D eigenvalue weighted by molar-refractivity contribution is 5.75. The second kappa shape index (κ2) is 5.49. The highest BCUT2D eigenvalue weighted by Crippen LogP contribution is 2.59. The monoisotopic (exact) mass is 321 g/mol. The van der Waals surface area contributed by atoms with Gasteiger partial charge in [0.1, 0.15) is 0 Å². The van der Waals surface area contributed by atoms with E-state index in [4.69, 9.17) is 9.57 Å². The van der Waals surface area contributed by atoms with Gasteiger partial charge < -0.3 is 4.74 Å². The zero-order valence-corrected chi connectivity index (χ0v) is 13.5. The van der Waals surface area contributed by atoms with Gasteiger partial charge in [-0.05, 0) is 17.2 Å². The van der Waals surface area contributed by atoms with Crippen molar-refractivity contribution in [3.8, 4) is 0 Å². The first-order valence-corrected chi connectivity index (χ1v) is 8.03. The van der Waals surface area contributed by atoms with Gasteiger partial charge >= 0.3 is 5.97 Å². The fourth-order valence-electron chi connectivity index (χ4n) is 3.80. The van der Waals surface area contributed by atoms with Gasteiger partial charge in [-0.25, -0.2) is 5.06 Å². The summed E-state index contributed by atoms with van der Waals surface area (Å²) in [4.78, 5) is 18.6. The SMILES string of the molecule is C=C1\C=C/C=C\C=C2\N3O[C@]12CC(C(=O)OC)[C@@H]3c1ccccc1. The second-order valence-electron chi connectivity index (χ2n) is 6.25. The Kier molecular flexibility index (Phi) is 3.43. The van der Waals surface area contributed by atoms with Crippen molar-refractivity contribution in [3.63, 3.8) is 0 Å². The fraction of sp³-hybridized carbons (Fsp3) is 0.250. The first kappa shape index (κ1) is 15.0. The van der Waals surface area contributed by atoms with Crippen LogP contribution in [-0.2, 0) is 14.4 Å². The number of allylic oxidation sites excluding steroid dienone is 4. The predicted molar refractivity (Wildman–Crippen MR) is 90.5 cm³/mol. The number of rotatable bonds is 2. The number of piperidine rings is 1. The first-order chi connectivity index (χ1) is 11.7. The number of esters is 1. The number of carbonyl (C=O) groups excluding carboxylic acids is 1. The van der Waals surface area contributed by atoms with Crippen molar-refractivity contribution >= 4 is 5.97 Å². The number of hydrogen-bond donors (Lipinski definition) is 0. The van der Waals surface area contributed by atoms with E-state index in [-0.39, 0.29) is 17.9 Å². The van der Waals surface area contributed by atoms with E-state index in [2.05, 4.69) is 6.58 Å². The molecule has 0 radical (unpaired) electrons. The number of benzene rings is 1. The minimum atomic E-state index is -0.634. The summed E-state index contributed by atoms with van der Waals surface area (Å²) in [5, 5.41) is 1.84. The average Bonchev–Trinajstić information content (AvgIpc) is 2.62. The van der Waals surface area contributed by atoms with Crippen LogP contribution in [0, 0.1) is 5.92 Å². The fourth-order valence-corrected chi connectivity index (χ4v) is 3.80. The summed E-state index contributed by atoms with van der Waals surface area (Å²) in [5.74, 6) is -0.526. The lowest BCUT2D eigenvalue weighted by Crippen LogP contribution is -2.66. The van der Waals surface area contributed by atoms with Gasteiger partial charge in [0.25, 0.3) is 0 Å².